The number of nitrogens with zero attached hydrogens (tertiary/aromatic N) is 2. The molecule has 0 unspecified atom stereocenters. The fraction of sp³-hybridized carbons (Fsp3) is 0.0870. The summed E-state index contributed by atoms with van der Waals surface area (Å²) in [4.78, 5) is 4.62. The molecule has 9 rings (SSSR count). The summed E-state index contributed by atoms with van der Waals surface area (Å²) < 4.78 is 1.65. The Balaban J connectivity index is 1.22. The maximum absolute atomic E-state index is 11.0. The van der Waals surface area contributed by atoms with Gasteiger partial charge in [0.15, 0.2) is 11.5 Å². The predicted molar refractivity (Wildman–Crippen MR) is 216 cm³/mol. The zero-order chi connectivity index (χ0) is 37.2. The maximum Gasteiger partial charge on any atom is 0.208 e. The van der Waals surface area contributed by atoms with Crippen LogP contribution in [0.1, 0.15) is 47.2 Å². The van der Waals surface area contributed by atoms with Gasteiger partial charge in [-0.05, 0) is 96.0 Å². The lowest BCUT2D eigenvalue weighted by molar-refractivity contribution is 0.327. The Morgan fingerprint density at radius 1 is 0.648 bits per heavy atom. The molecule has 1 aromatic heterocycles. The van der Waals surface area contributed by atoms with Gasteiger partial charge in [0, 0.05) is 49.5 Å². The van der Waals surface area contributed by atoms with Crippen molar-refractivity contribution in [3.05, 3.63) is 167 Å². The fourth-order valence-electron chi connectivity index (χ4n) is 7.93. The third-order valence-corrected chi connectivity index (χ3v) is 11.7. The summed E-state index contributed by atoms with van der Waals surface area (Å²) in [5.41, 5.74) is 11.3. The molecule has 4 aliphatic rings. The van der Waals surface area contributed by atoms with Gasteiger partial charge in [-0.25, -0.2) is 0 Å². The Bertz CT molecular complexity index is 2660. The van der Waals surface area contributed by atoms with Gasteiger partial charge in [0.25, 0.3) is 0 Å². The molecule has 0 radical (unpaired) electrons. The second-order valence-electron chi connectivity index (χ2n) is 13.7. The molecule has 0 atom stereocenters. The van der Waals surface area contributed by atoms with Crippen LogP contribution in [0.3, 0.4) is 0 Å². The van der Waals surface area contributed by atoms with E-state index in [1.165, 1.54) is 4.90 Å². The molecule has 3 heterocycles. The number of rotatable bonds is 3. The molecule has 5 aromatic rings. The molecular weight excluding hydrogens is 693 g/mol. The Labute approximate surface area is 316 Å². The Kier molecular flexibility index (Phi) is 7.94. The topological polar surface area (TPSA) is 109 Å². The van der Waals surface area contributed by atoms with Crippen molar-refractivity contribution in [1.29, 1.82) is 0 Å². The number of fused-ring (bicyclic) bond motifs is 5. The zero-order valence-electron chi connectivity index (χ0n) is 29.3. The summed E-state index contributed by atoms with van der Waals surface area (Å²) in [6, 6.07) is 22.8. The summed E-state index contributed by atoms with van der Waals surface area (Å²) >= 11 is 1.75. The van der Waals surface area contributed by atoms with Gasteiger partial charge in [0.1, 0.15) is 5.69 Å². The van der Waals surface area contributed by atoms with Gasteiger partial charge in [-0.2, -0.15) is 0 Å². The van der Waals surface area contributed by atoms with Crippen molar-refractivity contribution in [2.24, 2.45) is 0 Å². The molecule has 0 spiro atoms. The van der Waals surface area contributed by atoms with E-state index in [2.05, 4.69) is 115 Å². The minimum absolute atomic E-state index is 0.204. The highest BCUT2D eigenvalue weighted by atomic mass is 32.2. The Hall–Kier alpha value is -6.51. The largest absolute Gasteiger partial charge is 0.503 e. The molecule has 0 amide bonds. The van der Waals surface area contributed by atoms with Crippen LogP contribution < -0.4 is 0 Å². The van der Waals surface area contributed by atoms with Gasteiger partial charge >= 0.3 is 0 Å². The predicted octanol–water partition coefficient (Wildman–Crippen LogP) is 10.7. The monoisotopic (exact) mass is 728 g/mol. The average molecular weight is 729 g/mol. The highest BCUT2D eigenvalue weighted by Crippen LogP contribution is 2.54. The summed E-state index contributed by atoms with van der Waals surface area (Å²) in [6.07, 6.45) is 20.1. The number of phenols is 5. The van der Waals surface area contributed by atoms with Gasteiger partial charge in [-0.15, -0.1) is 0 Å². The van der Waals surface area contributed by atoms with Gasteiger partial charge < -0.3 is 35.0 Å². The van der Waals surface area contributed by atoms with E-state index in [4.69, 9.17) is 0 Å². The lowest BCUT2D eigenvalue weighted by Gasteiger charge is -2.33. The number of benzene rings is 4. The van der Waals surface area contributed by atoms with E-state index in [1.54, 1.807) is 16.3 Å². The first-order chi connectivity index (χ1) is 26.2. The highest BCUT2D eigenvalue weighted by molar-refractivity contribution is 7.99. The smallest absolute Gasteiger partial charge is 0.208 e. The van der Waals surface area contributed by atoms with E-state index in [9.17, 15) is 25.5 Å². The van der Waals surface area contributed by atoms with E-state index in [-0.39, 0.29) is 5.69 Å². The van der Waals surface area contributed by atoms with Crippen LogP contribution >= 0.6 is 11.8 Å². The average Bonchev–Trinajstić information content (AvgIpc) is 3.51. The third kappa shape index (κ3) is 5.21. The molecule has 2 aliphatic carbocycles. The van der Waals surface area contributed by atoms with E-state index < -0.39 is 28.7 Å². The number of allylic oxidation sites excluding steroid dienone is 11. The summed E-state index contributed by atoms with van der Waals surface area (Å²) in [5, 5.41) is 53.8. The summed E-state index contributed by atoms with van der Waals surface area (Å²) in [5.74, 6) is -4.28. The lowest BCUT2D eigenvalue weighted by Crippen LogP contribution is -2.20. The van der Waals surface area contributed by atoms with Crippen LogP contribution in [-0.4, -0.2) is 35.0 Å². The van der Waals surface area contributed by atoms with Crippen molar-refractivity contribution in [3.8, 4) is 34.4 Å². The fourth-order valence-corrected chi connectivity index (χ4v) is 9.05. The molecule has 4 aromatic carbocycles. The maximum atomic E-state index is 11.0. The van der Waals surface area contributed by atoms with E-state index in [0.717, 1.165) is 91.2 Å². The summed E-state index contributed by atoms with van der Waals surface area (Å²) in [7, 11) is 0. The first-order valence-electron chi connectivity index (χ1n) is 17.8. The minimum Gasteiger partial charge on any atom is -0.503 e. The van der Waals surface area contributed by atoms with Crippen LogP contribution in [-0.2, 0) is 6.42 Å². The second kappa shape index (κ2) is 12.9. The van der Waals surface area contributed by atoms with Crippen molar-refractivity contribution < 1.29 is 25.5 Å². The highest BCUT2D eigenvalue weighted by Gasteiger charge is 2.30. The van der Waals surface area contributed by atoms with Crippen molar-refractivity contribution in [2.45, 2.75) is 35.5 Å². The van der Waals surface area contributed by atoms with E-state index in [0.29, 0.717) is 11.9 Å². The second-order valence-corrected chi connectivity index (χ2v) is 14.8. The summed E-state index contributed by atoms with van der Waals surface area (Å²) in [6.45, 7) is 9.10. The molecule has 0 saturated heterocycles. The van der Waals surface area contributed by atoms with Crippen LogP contribution in [0.25, 0.3) is 39.5 Å². The minimum atomic E-state index is -0.990. The van der Waals surface area contributed by atoms with Gasteiger partial charge in [0.2, 0.25) is 17.2 Å². The molecule has 2 aliphatic heterocycles. The van der Waals surface area contributed by atoms with Crippen molar-refractivity contribution in [3.63, 3.8) is 0 Å². The van der Waals surface area contributed by atoms with Gasteiger partial charge in [0.05, 0.1) is 11.2 Å². The number of hydrogen-bond donors (Lipinski definition) is 5. The SMILES string of the molecule is C=C1/C=C(c2ccc3c(c2)c2c(n3-c3c(O)c(O)c(O)c(O)c3O)CCC=C2)\C=C/N(/C2=C/C(=C)c3ccccc3Sc3ccccc32)C2=C1C=CCC2. The third-order valence-electron chi connectivity index (χ3n) is 10.5. The molecule has 0 saturated carbocycles. The van der Waals surface area contributed by atoms with E-state index >= 15 is 0 Å². The normalized spacial score (nSPS) is 19.0. The quantitative estimate of drug-likeness (QED) is 0.0929. The van der Waals surface area contributed by atoms with Crippen molar-refractivity contribution >= 4 is 45.6 Å². The number of aromatic nitrogens is 1. The first-order valence-corrected chi connectivity index (χ1v) is 18.6. The lowest BCUT2D eigenvalue weighted by atomic mass is 9.91. The molecule has 7 nitrogen and oxygen atoms in total. The number of aromatic hydroxyl groups is 5. The van der Waals surface area contributed by atoms with Gasteiger partial charge in [-0.1, -0.05) is 91.7 Å². The van der Waals surface area contributed by atoms with Crippen LogP contribution in [0.5, 0.6) is 28.7 Å². The van der Waals surface area contributed by atoms with Crippen LogP contribution in [0, 0.1) is 0 Å². The molecule has 0 fully saturated rings. The molecule has 0 bridgehead atoms. The molecule has 8 heteroatoms. The Morgan fingerprint density at radius 3 is 2.09 bits per heavy atom. The molecule has 5 N–H and O–H groups in total. The standard InChI is InChI=1S/C46H36N2O5S/c1-26-23-29(28-19-20-37-34(25-28)32-13-4-8-16-36(32)48(37)41-42(49)44(51)46(53)45(52)43(41)50)21-22-47(35-15-7-3-11-30(26)35)38-24-27(2)31-12-5-9-17-39(31)54-40-18-10-6-14-33(38)40/h3-6,9-14,17-25,49-53H,1-2,7-8,15-16H2/b22-21-,29-23+,38-24+. The number of hydrogen-bond acceptors (Lipinski definition) is 7. The molecule has 266 valence electrons. The van der Waals surface area contributed by atoms with Crippen LogP contribution in [0.15, 0.2) is 149 Å². The van der Waals surface area contributed by atoms with Crippen LogP contribution in [0.4, 0.5) is 0 Å². The molecule has 54 heavy (non-hydrogen) atoms. The number of phenolic OH excluding ortho intramolecular Hbond substituents is 5. The van der Waals surface area contributed by atoms with Crippen molar-refractivity contribution in [1.82, 2.24) is 9.47 Å². The Morgan fingerprint density at radius 2 is 1.31 bits per heavy atom. The first kappa shape index (κ1) is 33.3. The molecular formula is C46H36N2O5S. The zero-order valence-corrected chi connectivity index (χ0v) is 30.1. The van der Waals surface area contributed by atoms with Crippen molar-refractivity contribution in [2.75, 3.05) is 0 Å². The van der Waals surface area contributed by atoms with E-state index in [1.807, 2.05) is 18.2 Å². The van der Waals surface area contributed by atoms with Gasteiger partial charge in [-0.3, -0.25) is 0 Å². The van der Waals surface area contributed by atoms with Crippen LogP contribution in [0.2, 0.25) is 0 Å².